The molecule has 0 spiro atoms. The van der Waals surface area contributed by atoms with Crippen molar-refractivity contribution in [3.8, 4) is 0 Å². The van der Waals surface area contributed by atoms with Crippen LogP contribution in [0.25, 0.3) is 0 Å². The molecule has 0 aliphatic carbocycles. The van der Waals surface area contributed by atoms with E-state index in [2.05, 4.69) is 5.32 Å². The molecule has 0 unspecified atom stereocenters. The first kappa shape index (κ1) is 13.2. The van der Waals surface area contributed by atoms with E-state index >= 15 is 0 Å². The zero-order chi connectivity index (χ0) is 13.3. The Balaban J connectivity index is 2.29. The third-order valence-corrected chi connectivity index (χ3v) is 5.45. The zero-order valence-electron chi connectivity index (χ0n) is 9.54. The lowest BCUT2D eigenvalue weighted by molar-refractivity contribution is 0.139. The van der Waals surface area contributed by atoms with Crippen molar-refractivity contribution in [3.05, 3.63) is 30.3 Å². The number of cyclic esters (lactones) is 1. The SMILES string of the molecule is C[C@@H]1NC(=O)O[C@@H]1[C@@H](Cl)S(=O)(=O)c1ccccc1. The van der Waals surface area contributed by atoms with Crippen LogP contribution in [0.4, 0.5) is 4.79 Å². The van der Waals surface area contributed by atoms with E-state index in [9.17, 15) is 13.2 Å². The number of halogens is 1. The maximum atomic E-state index is 12.2. The Hall–Kier alpha value is -1.27. The summed E-state index contributed by atoms with van der Waals surface area (Å²) in [7, 11) is -3.73. The molecular formula is C11H12ClNO4S. The molecule has 98 valence electrons. The quantitative estimate of drug-likeness (QED) is 0.857. The molecule has 1 saturated heterocycles. The largest absolute Gasteiger partial charge is 0.441 e. The maximum Gasteiger partial charge on any atom is 0.407 e. The van der Waals surface area contributed by atoms with E-state index in [0.29, 0.717) is 0 Å². The minimum atomic E-state index is -3.73. The Morgan fingerprint density at radius 3 is 2.44 bits per heavy atom. The summed E-state index contributed by atoms with van der Waals surface area (Å²) < 4.78 is 28.0. The second-order valence-corrected chi connectivity index (χ2v) is 6.81. The first-order chi connectivity index (χ1) is 8.43. The number of amides is 1. The second-order valence-electron chi connectivity index (χ2n) is 4.01. The zero-order valence-corrected chi connectivity index (χ0v) is 11.1. The fraction of sp³-hybridized carbons (Fsp3) is 0.364. The highest BCUT2D eigenvalue weighted by Crippen LogP contribution is 2.26. The lowest BCUT2D eigenvalue weighted by Gasteiger charge is -2.19. The molecule has 0 radical (unpaired) electrons. The van der Waals surface area contributed by atoms with Gasteiger partial charge >= 0.3 is 6.09 Å². The van der Waals surface area contributed by atoms with Crippen LogP contribution in [-0.4, -0.2) is 31.4 Å². The normalized spacial score (nSPS) is 25.3. The summed E-state index contributed by atoms with van der Waals surface area (Å²) in [5.74, 6) is 0. The Morgan fingerprint density at radius 1 is 1.33 bits per heavy atom. The molecule has 7 heteroatoms. The van der Waals surface area contributed by atoms with Crippen molar-refractivity contribution in [2.24, 2.45) is 0 Å². The first-order valence-corrected chi connectivity index (χ1v) is 7.31. The smallest absolute Gasteiger partial charge is 0.407 e. The van der Waals surface area contributed by atoms with Crippen LogP contribution in [0.3, 0.4) is 0 Å². The fourth-order valence-corrected chi connectivity index (χ4v) is 3.74. The van der Waals surface area contributed by atoms with Gasteiger partial charge in [0.1, 0.15) is 0 Å². The average molecular weight is 290 g/mol. The molecular weight excluding hydrogens is 278 g/mol. The molecule has 1 aromatic rings. The highest BCUT2D eigenvalue weighted by Gasteiger charge is 2.43. The van der Waals surface area contributed by atoms with Crippen LogP contribution in [0.2, 0.25) is 0 Å². The van der Waals surface area contributed by atoms with E-state index in [1.165, 1.54) is 12.1 Å². The number of benzene rings is 1. The second kappa shape index (κ2) is 4.78. The third-order valence-electron chi connectivity index (χ3n) is 2.71. The molecule has 1 amide bonds. The van der Waals surface area contributed by atoms with Crippen LogP contribution in [0.5, 0.6) is 0 Å². The summed E-state index contributed by atoms with van der Waals surface area (Å²) in [6, 6.07) is 7.40. The topological polar surface area (TPSA) is 72.5 Å². The predicted octanol–water partition coefficient (Wildman–Crippen LogP) is 1.52. The standard InChI is InChI=1S/C11H12ClNO4S/c1-7-9(17-11(14)13-7)10(12)18(15,16)8-5-3-2-4-6-8/h2-7,9-10H,1H3,(H,13,14)/t7-,9-,10-/m0/s1. The summed E-state index contributed by atoms with van der Waals surface area (Å²) >= 11 is 5.97. The number of nitrogens with one attached hydrogen (secondary N) is 1. The van der Waals surface area contributed by atoms with Gasteiger partial charge in [-0.1, -0.05) is 18.2 Å². The molecule has 1 fully saturated rings. The summed E-state index contributed by atoms with van der Waals surface area (Å²) in [5.41, 5.74) is 0. The molecule has 18 heavy (non-hydrogen) atoms. The fourth-order valence-electron chi connectivity index (χ4n) is 1.72. The Bertz CT molecular complexity index is 545. The van der Waals surface area contributed by atoms with E-state index in [1.807, 2.05) is 0 Å². The molecule has 1 aliphatic rings. The van der Waals surface area contributed by atoms with E-state index < -0.39 is 32.8 Å². The molecule has 1 N–H and O–H groups in total. The van der Waals surface area contributed by atoms with Crippen molar-refractivity contribution in [3.63, 3.8) is 0 Å². The van der Waals surface area contributed by atoms with E-state index in [1.54, 1.807) is 25.1 Å². The molecule has 1 aliphatic heterocycles. The van der Waals surface area contributed by atoms with Gasteiger partial charge in [0, 0.05) is 0 Å². The van der Waals surface area contributed by atoms with Gasteiger partial charge in [0.2, 0.25) is 0 Å². The average Bonchev–Trinajstić information content (AvgIpc) is 2.68. The van der Waals surface area contributed by atoms with Gasteiger partial charge < -0.3 is 10.1 Å². The summed E-state index contributed by atoms with van der Waals surface area (Å²) in [4.78, 5) is 11.2. The minimum absolute atomic E-state index is 0.111. The first-order valence-electron chi connectivity index (χ1n) is 5.33. The number of alkyl carbamates (subject to hydrolysis) is 1. The van der Waals surface area contributed by atoms with Crippen molar-refractivity contribution in [1.29, 1.82) is 0 Å². The highest BCUT2D eigenvalue weighted by atomic mass is 35.5. The molecule has 0 bridgehead atoms. The van der Waals surface area contributed by atoms with Crippen LogP contribution < -0.4 is 5.32 Å². The van der Waals surface area contributed by atoms with Gasteiger partial charge in [0.05, 0.1) is 10.9 Å². The number of rotatable bonds is 3. The van der Waals surface area contributed by atoms with Crippen LogP contribution in [0.1, 0.15) is 6.92 Å². The van der Waals surface area contributed by atoms with Crippen LogP contribution >= 0.6 is 11.6 Å². The van der Waals surface area contributed by atoms with Gasteiger partial charge in [-0.25, -0.2) is 13.2 Å². The van der Waals surface area contributed by atoms with E-state index in [4.69, 9.17) is 16.3 Å². The van der Waals surface area contributed by atoms with Crippen LogP contribution in [-0.2, 0) is 14.6 Å². The van der Waals surface area contributed by atoms with Crippen molar-refractivity contribution in [2.75, 3.05) is 0 Å². The molecule has 5 nitrogen and oxygen atoms in total. The van der Waals surface area contributed by atoms with Crippen molar-refractivity contribution < 1.29 is 17.9 Å². The Kier molecular flexibility index (Phi) is 3.49. The van der Waals surface area contributed by atoms with Gasteiger partial charge in [-0.15, -0.1) is 11.6 Å². The van der Waals surface area contributed by atoms with Crippen molar-refractivity contribution in [2.45, 2.75) is 28.7 Å². The monoisotopic (exact) mass is 289 g/mol. The number of hydrogen-bond acceptors (Lipinski definition) is 4. The molecule has 1 heterocycles. The number of sulfone groups is 1. The van der Waals surface area contributed by atoms with Gasteiger partial charge in [-0.2, -0.15) is 0 Å². The number of ether oxygens (including phenoxy) is 1. The molecule has 2 rings (SSSR count). The lowest BCUT2D eigenvalue weighted by atomic mass is 10.2. The Morgan fingerprint density at radius 2 is 1.94 bits per heavy atom. The van der Waals surface area contributed by atoms with Gasteiger partial charge in [0.15, 0.2) is 20.7 Å². The van der Waals surface area contributed by atoms with Gasteiger partial charge in [-0.3, -0.25) is 0 Å². The molecule has 3 atom stereocenters. The lowest BCUT2D eigenvalue weighted by Crippen LogP contribution is -2.38. The van der Waals surface area contributed by atoms with E-state index in [-0.39, 0.29) is 4.90 Å². The van der Waals surface area contributed by atoms with Crippen LogP contribution in [0, 0.1) is 0 Å². The van der Waals surface area contributed by atoms with Crippen molar-refractivity contribution >= 4 is 27.5 Å². The number of carbonyl (C=O) groups is 1. The predicted molar refractivity (Wildman–Crippen MR) is 66.1 cm³/mol. The molecule has 0 aromatic heterocycles. The van der Waals surface area contributed by atoms with Gasteiger partial charge in [-0.05, 0) is 19.1 Å². The third kappa shape index (κ3) is 2.30. The number of alkyl halides is 1. The summed E-state index contributed by atoms with van der Waals surface area (Å²) in [6.45, 7) is 1.64. The highest BCUT2D eigenvalue weighted by molar-refractivity contribution is 7.93. The van der Waals surface area contributed by atoms with Crippen LogP contribution in [0.15, 0.2) is 35.2 Å². The summed E-state index contributed by atoms with van der Waals surface area (Å²) in [6.07, 6.45) is -1.55. The molecule has 0 saturated carbocycles. The Labute approximate surface area is 110 Å². The minimum Gasteiger partial charge on any atom is -0.441 e. The summed E-state index contributed by atoms with van der Waals surface area (Å²) in [5, 5.41) is 2.46. The molecule has 1 aromatic carbocycles. The van der Waals surface area contributed by atoms with Gasteiger partial charge in [0.25, 0.3) is 0 Å². The number of carbonyl (C=O) groups excluding carboxylic acids is 1. The number of hydrogen-bond donors (Lipinski definition) is 1. The van der Waals surface area contributed by atoms with E-state index in [0.717, 1.165) is 0 Å². The maximum absolute atomic E-state index is 12.2. The van der Waals surface area contributed by atoms with Crippen molar-refractivity contribution in [1.82, 2.24) is 5.32 Å².